The van der Waals surface area contributed by atoms with Gasteiger partial charge in [-0.25, -0.2) is 5.43 Å². The van der Waals surface area contributed by atoms with E-state index in [4.69, 9.17) is 4.74 Å². The number of nitrogens with zero attached hydrogens (tertiary/aromatic N) is 2. The van der Waals surface area contributed by atoms with Crippen LogP contribution in [0.4, 0.5) is 5.69 Å². The molecule has 7 heteroatoms. The summed E-state index contributed by atoms with van der Waals surface area (Å²) in [5, 5.41) is 16.5. The minimum absolute atomic E-state index is 0.00466. The molecule has 1 N–H and O–H groups in total. The monoisotopic (exact) mass is 349 g/mol. The number of rotatable bonds is 6. The molecule has 0 aliphatic carbocycles. The van der Waals surface area contributed by atoms with E-state index in [1.807, 2.05) is 36.4 Å². The third kappa shape index (κ3) is 4.41. The molecule has 3 aromatic rings. The number of ether oxygens (including phenoxy) is 1. The van der Waals surface area contributed by atoms with Crippen LogP contribution in [0.2, 0.25) is 0 Å². The number of amides is 1. The Morgan fingerprint density at radius 1 is 1.08 bits per heavy atom. The highest BCUT2D eigenvalue weighted by atomic mass is 16.6. The van der Waals surface area contributed by atoms with Crippen LogP contribution in [0.25, 0.3) is 10.8 Å². The van der Waals surface area contributed by atoms with Crippen molar-refractivity contribution >= 4 is 28.6 Å². The van der Waals surface area contributed by atoms with Gasteiger partial charge in [-0.3, -0.25) is 14.9 Å². The first kappa shape index (κ1) is 17.1. The maximum absolute atomic E-state index is 11.8. The predicted molar refractivity (Wildman–Crippen MR) is 98.3 cm³/mol. The molecule has 3 aromatic carbocycles. The van der Waals surface area contributed by atoms with Crippen molar-refractivity contribution in [3.05, 3.63) is 82.4 Å². The Hall–Kier alpha value is -3.74. The SMILES string of the molecule is O=C(COc1ccc2ccccc2c1)NN=Cc1ccc([N+](=O)[O-])cc1. The van der Waals surface area contributed by atoms with Gasteiger partial charge in [0.2, 0.25) is 0 Å². The molecule has 0 spiro atoms. The van der Waals surface area contributed by atoms with Gasteiger partial charge in [0.05, 0.1) is 11.1 Å². The lowest BCUT2D eigenvalue weighted by molar-refractivity contribution is -0.384. The molecule has 0 fully saturated rings. The average molecular weight is 349 g/mol. The smallest absolute Gasteiger partial charge is 0.277 e. The van der Waals surface area contributed by atoms with Crippen molar-refractivity contribution in [2.75, 3.05) is 6.61 Å². The highest BCUT2D eigenvalue weighted by molar-refractivity contribution is 5.84. The van der Waals surface area contributed by atoms with Gasteiger partial charge in [-0.05, 0) is 40.6 Å². The van der Waals surface area contributed by atoms with Gasteiger partial charge in [0.15, 0.2) is 6.61 Å². The third-order valence-electron chi connectivity index (χ3n) is 3.60. The molecule has 0 radical (unpaired) electrons. The van der Waals surface area contributed by atoms with Crippen LogP contribution in [0, 0.1) is 10.1 Å². The number of nitro groups is 1. The molecule has 0 aliphatic rings. The Bertz CT molecular complexity index is 968. The van der Waals surface area contributed by atoms with Gasteiger partial charge in [0, 0.05) is 12.1 Å². The predicted octanol–water partition coefficient (Wildman–Crippen LogP) is 3.28. The number of hydrazone groups is 1. The Balaban J connectivity index is 1.51. The number of benzene rings is 3. The summed E-state index contributed by atoms with van der Waals surface area (Å²) >= 11 is 0. The topological polar surface area (TPSA) is 93.8 Å². The van der Waals surface area contributed by atoms with Crippen LogP contribution in [-0.2, 0) is 4.79 Å². The van der Waals surface area contributed by atoms with Crippen LogP contribution >= 0.6 is 0 Å². The first-order valence-corrected chi connectivity index (χ1v) is 7.80. The second-order valence-electron chi connectivity index (χ2n) is 5.44. The minimum atomic E-state index is -0.479. The number of nitrogens with one attached hydrogen (secondary N) is 1. The number of non-ortho nitro benzene ring substituents is 1. The van der Waals surface area contributed by atoms with E-state index in [0.29, 0.717) is 11.3 Å². The largest absolute Gasteiger partial charge is 0.484 e. The molecule has 0 bridgehead atoms. The minimum Gasteiger partial charge on any atom is -0.484 e. The molecule has 7 nitrogen and oxygen atoms in total. The molecule has 0 atom stereocenters. The molecule has 0 saturated carbocycles. The van der Waals surface area contributed by atoms with E-state index in [0.717, 1.165) is 10.8 Å². The van der Waals surface area contributed by atoms with E-state index in [-0.39, 0.29) is 12.3 Å². The lowest BCUT2D eigenvalue weighted by Crippen LogP contribution is -2.24. The van der Waals surface area contributed by atoms with E-state index < -0.39 is 10.8 Å². The van der Waals surface area contributed by atoms with Gasteiger partial charge in [-0.1, -0.05) is 30.3 Å². The van der Waals surface area contributed by atoms with Crippen molar-refractivity contribution in [3.63, 3.8) is 0 Å². The van der Waals surface area contributed by atoms with Gasteiger partial charge >= 0.3 is 0 Å². The fourth-order valence-corrected chi connectivity index (χ4v) is 2.30. The normalized spacial score (nSPS) is 10.8. The summed E-state index contributed by atoms with van der Waals surface area (Å²) in [6.07, 6.45) is 1.40. The highest BCUT2D eigenvalue weighted by Crippen LogP contribution is 2.20. The number of carbonyl (C=O) groups is 1. The summed E-state index contributed by atoms with van der Waals surface area (Å²) in [4.78, 5) is 21.9. The van der Waals surface area contributed by atoms with Crippen molar-refractivity contribution in [3.8, 4) is 5.75 Å². The molecule has 26 heavy (non-hydrogen) atoms. The standard InChI is InChI=1S/C19H15N3O4/c23-19(21-20-12-14-5-8-17(9-6-14)22(24)25)13-26-18-10-7-15-3-1-2-4-16(15)11-18/h1-12H,13H2,(H,21,23). The van der Waals surface area contributed by atoms with Crippen molar-refractivity contribution in [2.45, 2.75) is 0 Å². The number of hydrogen-bond donors (Lipinski definition) is 1. The van der Waals surface area contributed by atoms with Crippen LogP contribution in [0.1, 0.15) is 5.56 Å². The van der Waals surface area contributed by atoms with Gasteiger partial charge in [-0.2, -0.15) is 5.10 Å². The molecule has 1 amide bonds. The zero-order chi connectivity index (χ0) is 18.4. The summed E-state index contributed by atoms with van der Waals surface area (Å²) in [7, 11) is 0. The molecular formula is C19H15N3O4. The summed E-state index contributed by atoms with van der Waals surface area (Å²) < 4.78 is 5.46. The fourth-order valence-electron chi connectivity index (χ4n) is 2.30. The summed E-state index contributed by atoms with van der Waals surface area (Å²) in [5.74, 6) is 0.189. The maximum atomic E-state index is 11.8. The third-order valence-corrected chi connectivity index (χ3v) is 3.60. The second kappa shape index (κ2) is 7.89. The average Bonchev–Trinajstić information content (AvgIpc) is 2.66. The highest BCUT2D eigenvalue weighted by Gasteiger charge is 2.04. The molecular weight excluding hydrogens is 334 g/mol. The van der Waals surface area contributed by atoms with E-state index in [2.05, 4.69) is 10.5 Å². The molecule has 0 heterocycles. The molecule has 0 aromatic heterocycles. The zero-order valence-corrected chi connectivity index (χ0v) is 13.7. The van der Waals surface area contributed by atoms with Crippen molar-refractivity contribution in [1.29, 1.82) is 0 Å². The maximum Gasteiger partial charge on any atom is 0.277 e. The summed E-state index contributed by atoms with van der Waals surface area (Å²) in [6.45, 7) is -0.171. The van der Waals surface area contributed by atoms with Gasteiger partial charge < -0.3 is 4.74 Å². The number of carbonyl (C=O) groups excluding carboxylic acids is 1. The van der Waals surface area contributed by atoms with Crippen LogP contribution in [0.15, 0.2) is 71.8 Å². The second-order valence-corrected chi connectivity index (χ2v) is 5.44. The van der Waals surface area contributed by atoms with Gasteiger partial charge in [0.1, 0.15) is 5.75 Å². The first-order valence-electron chi connectivity index (χ1n) is 7.80. The van der Waals surface area contributed by atoms with Crippen molar-refractivity contribution in [2.24, 2.45) is 5.10 Å². The summed E-state index contributed by atoms with van der Waals surface area (Å²) in [6, 6.07) is 19.3. The van der Waals surface area contributed by atoms with Gasteiger partial charge in [0.25, 0.3) is 11.6 Å². The van der Waals surface area contributed by atoms with Crippen LogP contribution in [-0.4, -0.2) is 23.7 Å². The fraction of sp³-hybridized carbons (Fsp3) is 0.0526. The molecule has 3 rings (SSSR count). The van der Waals surface area contributed by atoms with E-state index in [9.17, 15) is 14.9 Å². The number of hydrogen-bond acceptors (Lipinski definition) is 5. The van der Waals surface area contributed by atoms with Crippen LogP contribution < -0.4 is 10.2 Å². The lowest BCUT2D eigenvalue weighted by atomic mass is 10.1. The summed E-state index contributed by atoms with van der Waals surface area (Å²) in [5.41, 5.74) is 2.97. The molecule has 0 aliphatic heterocycles. The number of fused-ring (bicyclic) bond motifs is 1. The van der Waals surface area contributed by atoms with E-state index in [1.165, 1.54) is 18.3 Å². The van der Waals surface area contributed by atoms with E-state index in [1.54, 1.807) is 18.2 Å². The number of nitro benzene ring substituents is 1. The zero-order valence-electron chi connectivity index (χ0n) is 13.7. The Labute approximate surface area is 149 Å². The van der Waals surface area contributed by atoms with Crippen LogP contribution in [0.3, 0.4) is 0 Å². The lowest BCUT2D eigenvalue weighted by Gasteiger charge is -2.06. The quantitative estimate of drug-likeness (QED) is 0.420. The Morgan fingerprint density at radius 3 is 2.54 bits per heavy atom. The first-order chi connectivity index (χ1) is 12.6. The molecule has 0 saturated heterocycles. The van der Waals surface area contributed by atoms with Crippen molar-refractivity contribution < 1.29 is 14.5 Å². The Kier molecular flexibility index (Phi) is 5.19. The van der Waals surface area contributed by atoms with E-state index >= 15 is 0 Å². The van der Waals surface area contributed by atoms with Gasteiger partial charge in [-0.15, -0.1) is 0 Å². The van der Waals surface area contributed by atoms with Crippen molar-refractivity contribution in [1.82, 2.24) is 5.43 Å². The van der Waals surface area contributed by atoms with Crippen LogP contribution in [0.5, 0.6) is 5.75 Å². The Morgan fingerprint density at radius 2 is 1.81 bits per heavy atom. The molecule has 130 valence electrons. The molecule has 0 unspecified atom stereocenters.